The molecule has 0 fully saturated rings. The van der Waals surface area contributed by atoms with Gasteiger partial charge in [-0.05, 0) is 78.3 Å². The number of unbranched alkanes of at least 4 members (excludes halogenated alkanes) is 32. The maximum absolute atomic E-state index is 13.5. The highest BCUT2D eigenvalue weighted by molar-refractivity contribution is 5.76. The van der Waals surface area contributed by atoms with Gasteiger partial charge < -0.3 is 19.4 Å². The van der Waals surface area contributed by atoms with E-state index in [1.807, 2.05) is 19.0 Å². The number of carbonyl (C=O) groups excluding carboxylic acids is 3. The highest BCUT2D eigenvalue weighted by Crippen LogP contribution is 2.19. The Bertz CT molecular complexity index is 915. The molecule has 0 saturated heterocycles. The summed E-state index contributed by atoms with van der Waals surface area (Å²) in [6, 6.07) is 0. The van der Waals surface area contributed by atoms with Crippen LogP contribution in [0.5, 0.6) is 0 Å². The molecule has 0 atom stereocenters. The zero-order valence-electron chi connectivity index (χ0n) is 45.0. The van der Waals surface area contributed by atoms with Gasteiger partial charge in [-0.3, -0.25) is 14.4 Å². The van der Waals surface area contributed by atoms with E-state index in [-0.39, 0.29) is 12.1 Å². The highest BCUT2D eigenvalue weighted by atomic mass is 16.5. The second-order valence-electron chi connectivity index (χ2n) is 20.5. The van der Waals surface area contributed by atoms with E-state index in [0.29, 0.717) is 37.6 Å². The molecule has 0 rings (SSSR count). The Morgan fingerprint density at radius 1 is 0.323 bits per heavy atom. The summed E-state index contributed by atoms with van der Waals surface area (Å²) in [4.78, 5) is 46.4. The zero-order chi connectivity index (χ0) is 47.7. The molecule has 0 saturated carbocycles. The first kappa shape index (κ1) is 63.4. The van der Waals surface area contributed by atoms with Crippen molar-refractivity contribution in [3.05, 3.63) is 0 Å². The van der Waals surface area contributed by atoms with Gasteiger partial charge in [0.05, 0.1) is 6.42 Å². The molecule has 0 unspecified atom stereocenters. The largest absolute Gasteiger partial charge is 0.462 e. The maximum Gasteiger partial charge on any atom is 0.307 e. The van der Waals surface area contributed by atoms with E-state index in [0.717, 1.165) is 103 Å². The fourth-order valence-electron chi connectivity index (χ4n) is 9.26. The Morgan fingerprint density at radius 2 is 0.585 bits per heavy atom. The molecule has 0 aromatic carbocycles. The molecule has 0 bridgehead atoms. The number of hydrogen-bond donors (Lipinski definition) is 0. The molecule has 65 heavy (non-hydrogen) atoms. The Hall–Kier alpha value is -1.63. The molecule has 0 N–H and O–H groups in total. The average Bonchev–Trinajstić information content (AvgIpc) is 3.29. The van der Waals surface area contributed by atoms with E-state index in [2.05, 4.69) is 37.5 Å². The minimum atomic E-state index is -0.107. The van der Waals surface area contributed by atoms with E-state index < -0.39 is 0 Å². The van der Waals surface area contributed by atoms with Crippen molar-refractivity contribution in [3.8, 4) is 0 Å². The lowest BCUT2D eigenvalue weighted by Gasteiger charge is -2.23. The number of hydrogen-bond acceptors (Lipinski definition) is 5. The number of nitrogens with zero attached hydrogens (tertiary/aromatic N) is 3. The fraction of sp³-hybridized carbons (Fsp3) is 0.948. The average molecular weight is 919 g/mol. The van der Waals surface area contributed by atoms with Crippen LogP contribution in [0.1, 0.15) is 304 Å². The topological polar surface area (TPSA) is 70.2 Å². The number of amides is 2. The zero-order valence-corrected chi connectivity index (χ0v) is 45.0. The standard InChI is InChI=1S/C58H115N3O4/c1-7-11-15-19-23-27-31-41-50-60(51-42-32-28-24-20-16-12-8-2)56(62)47-39-35-37-45-55(65-58(64)49-54-59(5)6)46-38-36-40-48-57(63)61(52-43-33-29-25-21-17-13-9-3)53-44-34-30-26-22-18-14-10-4/h55H,7-54H2,1-6H3. The van der Waals surface area contributed by atoms with Gasteiger partial charge in [0.25, 0.3) is 0 Å². The first-order valence-electron chi connectivity index (χ1n) is 29.2. The molecule has 7 nitrogen and oxygen atoms in total. The van der Waals surface area contributed by atoms with Gasteiger partial charge in [-0.2, -0.15) is 0 Å². The highest BCUT2D eigenvalue weighted by Gasteiger charge is 2.18. The Labute approximate surface area is 406 Å². The van der Waals surface area contributed by atoms with Gasteiger partial charge in [0, 0.05) is 45.6 Å². The molecule has 0 aromatic heterocycles. The molecule has 0 radical (unpaired) electrons. The molecule has 0 aromatic rings. The van der Waals surface area contributed by atoms with Crippen molar-refractivity contribution in [2.45, 2.75) is 310 Å². The quantitative estimate of drug-likeness (QED) is 0.0449. The number of carbonyl (C=O) groups is 3. The summed E-state index contributed by atoms with van der Waals surface area (Å²) < 4.78 is 6.08. The van der Waals surface area contributed by atoms with Crippen molar-refractivity contribution in [2.75, 3.05) is 46.8 Å². The van der Waals surface area contributed by atoms with Gasteiger partial charge in [-0.25, -0.2) is 0 Å². The van der Waals surface area contributed by atoms with Crippen LogP contribution in [0.2, 0.25) is 0 Å². The first-order chi connectivity index (χ1) is 31.8. The molecule has 0 aliphatic heterocycles. The summed E-state index contributed by atoms with van der Waals surface area (Å²) in [5.41, 5.74) is 0. The van der Waals surface area contributed by atoms with Crippen LogP contribution in [0.25, 0.3) is 0 Å². The van der Waals surface area contributed by atoms with Crippen molar-refractivity contribution in [1.82, 2.24) is 14.7 Å². The normalized spacial score (nSPS) is 11.6. The lowest BCUT2D eigenvalue weighted by Crippen LogP contribution is -2.32. The summed E-state index contributed by atoms with van der Waals surface area (Å²) >= 11 is 0. The minimum Gasteiger partial charge on any atom is -0.462 e. The van der Waals surface area contributed by atoms with Crippen LogP contribution in [0.15, 0.2) is 0 Å². The third-order valence-corrected chi connectivity index (χ3v) is 13.7. The fourth-order valence-corrected chi connectivity index (χ4v) is 9.26. The van der Waals surface area contributed by atoms with Gasteiger partial charge in [-0.15, -0.1) is 0 Å². The molecule has 0 aliphatic carbocycles. The van der Waals surface area contributed by atoms with E-state index in [1.54, 1.807) is 0 Å². The maximum atomic E-state index is 13.5. The summed E-state index contributed by atoms with van der Waals surface area (Å²) in [7, 11) is 3.98. The Morgan fingerprint density at radius 3 is 0.862 bits per heavy atom. The second-order valence-corrected chi connectivity index (χ2v) is 20.5. The third-order valence-electron chi connectivity index (χ3n) is 13.7. The van der Waals surface area contributed by atoms with Crippen LogP contribution in [0, 0.1) is 0 Å². The van der Waals surface area contributed by atoms with Crippen LogP contribution in [0.4, 0.5) is 0 Å². The summed E-state index contributed by atoms with van der Waals surface area (Å²) in [5.74, 6) is 0.571. The van der Waals surface area contributed by atoms with Gasteiger partial charge in [0.1, 0.15) is 6.10 Å². The van der Waals surface area contributed by atoms with E-state index in [9.17, 15) is 14.4 Å². The summed E-state index contributed by atoms with van der Waals surface area (Å²) in [6.07, 6.45) is 50.4. The van der Waals surface area contributed by atoms with Crippen molar-refractivity contribution in [1.29, 1.82) is 0 Å². The van der Waals surface area contributed by atoms with E-state index in [4.69, 9.17) is 4.74 Å². The predicted molar refractivity (Wildman–Crippen MR) is 283 cm³/mol. The smallest absolute Gasteiger partial charge is 0.307 e. The lowest BCUT2D eigenvalue weighted by atomic mass is 10.0. The number of esters is 1. The molecule has 7 heteroatoms. The predicted octanol–water partition coefficient (Wildman–Crippen LogP) is 17.0. The van der Waals surface area contributed by atoms with Crippen LogP contribution < -0.4 is 0 Å². The molecule has 386 valence electrons. The van der Waals surface area contributed by atoms with Crippen LogP contribution >= 0.6 is 0 Å². The molecule has 0 aliphatic rings. The number of rotatable bonds is 52. The first-order valence-corrected chi connectivity index (χ1v) is 29.2. The summed E-state index contributed by atoms with van der Waals surface area (Å²) in [5, 5.41) is 0. The molecule has 2 amide bonds. The molecular weight excluding hydrogens is 803 g/mol. The third kappa shape index (κ3) is 44.6. The van der Waals surface area contributed by atoms with Crippen molar-refractivity contribution >= 4 is 17.8 Å². The van der Waals surface area contributed by atoms with E-state index in [1.165, 1.54) is 180 Å². The van der Waals surface area contributed by atoms with E-state index >= 15 is 0 Å². The summed E-state index contributed by atoms with van der Waals surface area (Å²) in [6.45, 7) is 13.5. The van der Waals surface area contributed by atoms with Crippen molar-refractivity contribution in [3.63, 3.8) is 0 Å². The second kappa shape index (κ2) is 50.3. The van der Waals surface area contributed by atoms with Crippen LogP contribution in [0.3, 0.4) is 0 Å². The van der Waals surface area contributed by atoms with Crippen molar-refractivity contribution < 1.29 is 19.1 Å². The monoisotopic (exact) mass is 918 g/mol. The molecular formula is C58H115N3O4. The van der Waals surface area contributed by atoms with Gasteiger partial charge in [0.2, 0.25) is 11.8 Å². The SMILES string of the molecule is CCCCCCCCCCN(CCCCCCCCCC)C(=O)CCCCCC(CCCCCC(=O)N(CCCCCCCCCC)CCCCCCCCCC)OC(=O)CCN(C)C. The van der Waals surface area contributed by atoms with Crippen LogP contribution in [-0.2, 0) is 19.1 Å². The van der Waals surface area contributed by atoms with Gasteiger partial charge >= 0.3 is 5.97 Å². The van der Waals surface area contributed by atoms with Crippen LogP contribution in [-0.4, -0.2) is 85.4 Å². The molecule has 0 heterocycles. The number of ether oxygens (including phenoxy) is 1. The molecule has 0 spiro atoms. The van der Waals surface area contributed by atoms with Crippen molar-refractivity contribution in [2.24, 2.45) is 0 Å². The Kier molecular flexibility index (Phi) is 49.0. The minimum absolute atomic E-state index is 0.0862. The van der Waals surface area contributed by atoms with Gasteiger partial charge in [-0.1, -0.05) is 220 Å². The Balaban J connectivity index is 5.00. The lowest BCUT2D eigenvalue weighted by molar-refractivity contribution is -0.150. The van der Waals surface area contributed by atoms with Gasteiger partial charge in [0.15, 0.2) is 0 Å².